The van der Waals surface area contributed by atoms with E-state index in [0.717, 1.165) is 22.5 Å². The minimum atomic E-state index is 0.0221. The molecule has 0 unspecified atom stereocenters. The molecule has 1 amide bonds. The van der Waals surface area contributed by atoms with E-state index in [1.165, 1.54) is 0 Å². The number of aromatic nitrogens is 1. The number of benzene rings is 1. The molecule has 3 N–H and O–H groups in total. The number of pyridine rings is 1. The van der Waals surface area contributed by atoms with Gasteiger partial charge in [-0.15, -0.1) is 0 Å². The van der Waals surface area contributed by atoms with Gasteiger partial charge in [0.2, 0.25) is 5.91 Å². The molecule has 0 saturated carbocycles. The fourth-order valence-corrected chi connectivity index (χ4v) is 1.90. The van der Waals surface area contributed by atoms with Crippen LogP contribution in [0.1, 0.15) is 23.2 Å². The van der Waals surface area contributed by atoms with Crippen LogP contribution in [-0.4, -0.2) is 10.9 Å². The van der Waals surface area contributed by atoms with Gasteiger partial charge in [0.25, 0.3) is 0 Å². The Balaban J connectivity index is 1.78. The number of nitrogens with zero attached hydrogens (tertiary/aromatic N) is 1. The molecule has 2 rings (SSSR count). The SMILES string of the molecule is Cc1ccc(CNC(=O)CCc2ccccc2N)cn1. The molecule has 1 heterocycles. The first kappa shape index (κ1) is 14.1. The van der Waals surface area contributed by atoms with Crippen LogP contribution in [0, 0.1) is 6.92 Å². The van der Waals surface area contributed by atoms with E-state index in [2.05, 4.69) is 10.3 Å². The van der Waals surface area contributed by atoms with Gasteiger partial charge in [0.05, 0.1) is 0 Å². The highest BCUT2D eigenvalue weighted by Crippen LogP contribution is 2.12. The van der Waals surface area contributed by atoms with Crippen molar-refractivity contribution in [3.63, 3.8) is 0 Å². The van der Waals surface area contributed by atoms with Crippen LogP contribution in [-0.2, 0) is 17.8 Å². The third-order valence-electron chi connectivity index (χ3n) is 3.14. The van der Waals surface area contributed by atoms with Gasteiger partial charge < -0.3 is 11.1 Å². The number of hydrogen-bond donors (Lipinski definition) is 2. The number of rotatable bonds is 5. The summed E-state index contributed by atoms with van der Waals surface area (Å²) in [6, 6.07) is 11.5. The lowest BCUT2D eigenvalue weighted by atomic mass is 10.1. The molecule has 104 valence electrons. The Morgan fingerprint density at radius 1 is 1.25 bits per heavy atom. The first-order chi connectivity index (χ1) is 9.65. The van der Waals surface area contributed by atoms with Gasteiger partial charge in [0.1, 0.15) is 0 Å². The number of nitrogens with two attached hydrogens (primary N) is 1. The zero-order valence-corrected chi connectivity index (χ0v) is 11.6. The molecule has 4 heteroatoms. The number of nitrogen functional groups attached to an aromatic ring is 1. The standard InChI is InChI=1S/C16H19N3O/c1-12-6-7-13(10-18-12)11-19-16(20)9-8-14-4-2-3-5-15(14)17/h2-7,10H,8-9,11,17H2,1H3,(H,19,20). The second-order valence-electron chi connectivity index (χ2n) is 4.78. The highest BCUT2D eigenvalue weighted by molar-refractivity contribution is 5.76. The number of carbonyl (C=O) groups is 1. The Bertz CT molecular complexity index is 579. The number of aryl methyl sites for hydroxylation is 2. The smallest absolute Gasteiger partial charge is 0.220 e. The van der Waals surface area contributed by atoms with Gasteiger partial charge in [-0.3, -0.25) is 9.78 Å². The van der Waals surface area contributed by atoms with Crippen molar-refractivity contribution in [1.82, 2.24) is 10.3 Å². The molecule has 0 radical (unpaired) electrons. The summed E-state index contributed by atoms with van der Waals surface area (Å²) in [5.74, 6) is 0.0221. The molecule has 0 bridgehead atoms. The maximum Gasteiger partial charge on any atom is 0.220 e. The van der Waals surface area contributed by atoms with E-state index in [9.17, 15) is 4.79 Å². The van der Waals surface area contributed by atoms with Crippen LogP contribution in [0.2, 0.25) is 0 Å². The average molecular weight is 269 g/mol. The second kappa shape index (κ2) is 6.70. The van der Waals surface area contributed by atoms with Crippen molar-refractivity contribution in [3.8, 4) is 0 Å². The normalized spacial score (nSPS) is 10.2. The maximum atomic E-state index is 11.8. The highest BCUT2D eigenvalue weighted by atomic mass is 16.1. The summed E-state index contributed by atoms with van der Waals surface area (Å²) < 4.78 is 0. The number of hydrogen-bond acceptors (Lipinski definition) is 3. The molecule has 0 saturated heterocycles. The summed E-state index contributed by atoms with van der Waals surface area (Å²) >= 11 is 0. The topological polar surface area (TPSA) is 68.0 Å². The summed E-state index contributed by atoms with van der Waals surface area (Å²) in [5.41, 5.74) is 9.57. The molecule has 0 atom stereocenters. The van der Waals surface area contributed by atoms with Crippen LogP contribution in [0.4, 0.5) is 5.69 Å². The third-order valence-corrected chi connectivity index (χ3v) is 3.14. The Hall–Kier alpha value is -2.36. The lowest BCUT2D eigenvalue weighted by Gasteiger charge is -2.07. The molecule has 2 aromatic rings. The van der Waals surface area contributed by atoms with Crippen LogP contribution >= 0.6 is 0 Å². The van der Waals surface area contributed by atoms with Gasteiger partial charge in [-0.1, -0.05) is 24.3 Å². The van der Waals surface area contributed by atoms with Crippen LogP contribution in [0.15, 0.2) is 42.6 Å². The van der Waals surface area contributed by atoms with Crippen LogP contribution in [0.3, 0.4) is 0 Å². The van der Waals surface area contributed by atoms with Crippen LogP contribution < -0.4 is 11.1 Å². The number of nitrogens with one attached hydrogen (secondary N) is 1. The van der Waals surface area contributed by atoms with Crippen molar-refractivity contribution in [1.29, 1.82) is 0 Å². The first-order valence-electron chi connectivity index (χ1n) is 6.67. The predicted molar refractivity (Wildman–Crippen MR) is 80.0 cm³/mol. The molecular weight excluding hydrogens is 250 g/mol. The first-order valence-corrected chi connectivity index (χ1v) is 6.67. The second-order valence-corrected chi connectivity index (χ2v) is 4.78. The quantitative estimate of drug-likeness (QED) is 0.818. The molecule has 0 spiro atoms. The number of anilines is 1. The molecule has 0 fully saturated rings. The largest absolute Gasteiger partial charge is 0.399 e. The minimum absolute atomic E-state index is 0.0221. The predicted octanol–water partition coefficient (Wildman–Crippen LogP) is 2.22. The van der Waals surface area contributed by atoms with Gasteiger partial charge in [0.15, 0.2) is 0 Å². The highest BCUT2D eigenvalue weighted by Gasteiger charge is 2.04. The van der Waals surface area contributed by atoms with Crippen molar-refractivity contribution in [3.05, 3.63) is 59.4 Å². The van der Waals surface area contributed by atoms with E-state index in [1.54, 1.807) is 6.20 Å². The summed E-state index contributed by atoms with van der Waals surface area (Å²) in [5, 5.41) is 2.89. The zero-order chi connectivity index (χ0) is 14.4. The zero-order valence-electron chi connectivity index (χ0n) is 11.6. The third kappa shape index (κ3) is 4.09. The molecular formula is C16H19N3O. The molecule has 0 aliphatic carbocycles. The summed E-state index contributed by atoms with van der Waals surface area (Å²) in [4.78, 5) is 16.0. The van der Waals surface area contributed by atoms with Crippen molar-refractivity contribution in [2.75, 3.05) is 5.73 Å². The van der Waals surface area contributed by atoms with Gasteiger partial charge in [-0.2, -0.15) is 0 Å². The lowest BCUT2D eigenvalue weighted by molar-refractivity contribution is -0.121. The van der Waals surface area contributed by atoms with Gasteiger partial charge in [-0.05, 0) is 36.6 Å². The van der Waals surface area contributed by atoms with E-state index < -0.39 is 0 Å². The molecule has 0 aliphatic rings. The Morgan fingerprint density at radius 2 is 2.05 bits per heavy atom. The Morgan fingerprint density at radius 3 is 2.75 bits per heavy atom. The summed E-state index contributed by atoms with van der Waals surface area (Å²) in [6.45, 7) is 2.45. The van der Waals surface area contributed by atoms with E-state index in [1.807, 2.05) is 43.3 Å². The average Bonchev–Trinajstić information content (AvgIpc) is 2.46. The van der Waals surface area contributed by atoms with Crippen molar-refractivity contribution < 1.29 is 4.79 Å². The Labute approximate surface area is 119 Å². The van der Waals surface area contributed by atoms with Gasteiger partial charge >= 0.3 is 0 Å². The van der Waals surface area contributed by atoms with Crippen molar-refractivity contribution in [2.24, 2.45) is 0 Å². The van der Waals surface area contributed by atoms with Crippen molar-refractivity contribution in [2.45, 2.75) is 26.3 Å². The maximum absolute atomic E-state index is 11.8. The van der Waals surface area contributed by atoms with E-state index in [4.69, 9.17) is 5.73 Å². The summed E-state index contributed by atoms with van der Waals surface area (Å²) in [7, 11) is 0. The Kier molecular flexibility index (Phi) is 4.71. The summed E-state index contributed by atoms with van der Waals surface area (Å²) in [6.07, 6.45) is 2.88. The molecule has 1 aromatic heterocycles. The van der Waals surface area contributed by atoms with E-state index in [0.29, 0.717) is 19.4 Å². The molecule has 0 aliphatic heterocycles. The minimum Gasteiger partial charge on any atom is -0.399 e. The van der Waals surface area contributed by atoms with Crippen LogP contribution in [0.25, 0.3) is 0 Å². The molecule has 4 nitrogen and oxygen atoms in total. The van der Waals surface area contributed by atoms with Crippen molar-refractivity contribution >= 4 is 11.6 Å². The monoisotopic (exact) mass is 269 g/mol. The van der Waals surface area contributed by atoms with Gasteiger partial charge in [0, 0.05) is 30.5 Å². The number of amides is 1. The molecule has 1 aromatic carbocycles. The van der Waals surface area contributed by atoms with Gasteiger partial charge in [-0.25, -0.2) is 0 Å². The lowest BCUT2D eigenvalue weighted by Crippen LogP contribution is -2.23. The number of carbonyl (C=O) groups excluding carboxylic acids is 1. The fraction of sp³-hybridized carbons (Fsp3) is 0.250. The fourth-order valence-electron chi connectivity index (χ4n) is 1.90. The molecule has 20 heavy (non-hydrogen) atoms. The van der Waals surface area contributed by atoms with Crippen LogP contribution in [0.5, 0.6) is 0 Å². The van der Waals surface area contributed by atoms with E-state index in [-0.39, 0.29) is 5.91 Å². The van der Waals surface area contributed by atoms with E-state index >= 15 is 0 Å². The number of para-hydroxylation sites is 1.